The molecule has 3 heteroatoms. The standard InChI is InChI=1S/C12H19F2N/c1-3-9-15-11(4-2)10-5-7-12(13,14)8-6-10/h2,10-11,15H,3,5-9H2,1H3. The molecular formula is C12H19F2N. The minimum absolute atomic E-state index is 0.0103. The Morgan fingerprint density at radius 1 is 1.47 bits per heavy atom. The Balaban J connectivity index is 2.40. The highest BCUT2D eigenvalue weighted by Gasteiger charge is 2.36. The van der Waals surface area contributed by atoms with Crippen molar-refractivity contribution in [3.05, 3.63) is 0 Å². The molecule has 0 spiro atoms. The Hall–Kier alpha value is -0.620. The topological polar surface area (TPSA) is 12.0 Å². The zero-order valence-corrected chi connectivity index (χ0v) is 9.23. The van der Waals surface area contributed by atoms with Crippen LogP contribution in [0.15, 0.2) is 0 Å². The quantitative estimate of drug-likeness (QED) is 0.711. The molecule has 1 unspecified atom stereocenters. The van der Waals surface area contributed by atoms with Crippen LogP contribution in [0.25, 0.3) is 0 Å². The Bertz CT molecular complexity index is 222. The summed E-state index contributed by atoms with van der Waals surface area (Å²) in [4.78, 5) is 0. The third-order valence-electron chi connectivity index (χ3n) is 3.03. The molecule has 1 aliphatic carbocycles. The van der Waals surface area contributed by atoms with Crippen molar-refractivity contribution in [3.8, 4) is 12.3 Å². The summed E-state index contributed by atoms with van der Waals surface area (Å²) in [7, 11) is 0. The second-order valence-corrected chi connectivity index (χ2v) is 4.29. The highest BCUT2D eigenvalue weighted by atomic mass is 19.3. The first-order valence-electron chi connectivity index (χ1n) is 5.66. The summed E-state index contributed by atoms with van der Waals surface area (Å²) in [6, 6.07) is -0.0268. The van der Waals surface area contributed by atoms with Gasteiger partial charge in [0.15, 0.2) is 0 Å². The number of nitrogens with one attached hydrogen (secondary N) is 1. The summed E-state index contributed by atoms with van der Waals surface area (Å²) in [5.41, 5.74) is 0. The van der Waals surface area contributed by atoms with Crippen molar-refractivity contribution in [2.45, 2.75) is 51.0 Å². The maximum atomic E-state index is 12.9. The number of hydrogen-bond acceptors (Lipinski definition) is 1. The van der Waals surface area contributed by atoms with E-state index in [4.69, 9.17) is 6.42 Å². The largest absolute Gasteiger partial charge is 0.303 e. The SMILES string of the molecule is C#CC(NCCC)C1CCC(F)(F)CC1. The van der Waals surface area contributed by atoms with Gasteiger partial charge in [0.1, 0.15) is 0 Å². The zero-order chi connectivity index (χ0) is 11.3. The minimum atomic E-state index is -2.46. The van der Waals surface area contributed by atoms with E-state index in [-0.39, 0.29) is 24.8 Å². The number of alkyl halides is 2. The average Bonchev–Trinajstić information content (AvgIpc) is 2.21. The van der Waals surface area contributed by atoms with E-state index in [1.807, 2.05) is 0 Å². The summed E-state index contributed by atoms with van der Waals surface area (Å²) in [6.45, 7) is 2.93. The summed E-state index contributed by atoms with van der Waals surface area (Å²) in [6.07, 6.45) is 7.49. The van der Waals surface area contributed by atoms with Crippen LogP contribution in [0.2, 0.25) is 0 Å². The van der Waals surface area contributed by atoms with E-state index in [0.29, 0.717) is 12.8 Å². The summed E-state index contributed by atoms with van der Waals surface area (Å²) in [5.74, 6) is 0.443. The van der Waals surface area contributed by atoms with E-state index in [1.54, 1.807) is 0 Å². The van der Waals surface area contributed by atoms with Crippen LogP contribution in [0.4, 0.5) is 8.78 Å². The van der Waals surface area contributed by atoms with Crippen molar-refractivity contribution < 1.29 is 8.78 Å². The van der Waals surface area contributed by atoms with Crippen LogP contribution in [0.1, 0.15) is 39.0 Å². The van der Waals surface area contributed by atoms with Crippen LogP contribution in [-0.4, -0.2) is 18.5 Å². The molecule has 0 aromatic rings. The lowest BCUT2D eigenvalue weighted by Gasteiger charge is -2.31. The Labute approximate surface area is 90.6 Å². The predicted octanol–water partition coefficient (Wildman–Crippen LogP) is 2.81. The first-order chi connectivity index (χ1) is 7.09. The van der Waals surface area contributed by atoms with Crippen LogP contribution in [0.5, 0.6) is 0 Å². The summed E-state index contributed by atoms with van der Waals surface area (Å²) < 4.78 is 25.9. The second kappa shape index (κ2) is 5.46. The molecule has 1 saturated carbocycles. The van der Waals surface area contributed by atoms with Gasteiger partial charge in [-0.2, -0.15) is 0 Å². The van der Waals surface area contributed by atoms with E-state index in [0.717, 1.165) is 13.0 Å². The van der Waals surface area contributed by atoms with Crippen LogP contribution in [-0.2, 0) is 0 Å². The predicted molar refractivity (Wildman–Crippen MR) is 57.8 cm³/mol. The molecule has 1 nitrogen and oxygen atoms in total. The summed E-state index contributed by atoms with van der Waals surface area (Å²) >= 11 is 0. The van der Waals surface area contributed by atoms with Gasteiger partial charge in [-0.3, -0.25) is 0 Å². The third kappa shape index (κ3) is 3.79. The molecule has 0 heterocycles. The van der Waals surface area contributed by atoms with Crippen LogP contribution < -0.4 is 5.32 Å². The van der Waals surface area contributed by atoms with Crippen molar-refractivity contribution in [2.24, 2.45) is 5.92 Å². The van der Waals surface area contributed by atoms with Crippen molar-refractivity contribution in [1.29, 1.82) is 0 Å². The van der Waals surface area contributed by atoms with Gasteiger partial charge >= 0.3 is 0 Å². The highest BCUT2D eigenvalue weighted by molar-refractivity contribution is 5.03. The highest BCUT2D eigenvalue weighted by Crippen LogP contribution is 2.37. The number of rotatable bonds is 4. The molecule has 86 valence electrons. The average molecular weight is 215 g/mol. The molecule has 0 aromatic carbocycles. The van der Waals surface area contributed by atoms with Gasteiger partial charge in [0.25, 0.3) is 0 Å². The molecule has 1 N–H and O–H groups in total. The molecule has 1 atom stereocenters. The van der Waals surface area contributed by atoms with Gasteiger partial charge in [0.05, 0.1) is 6.04 Å². The van der Waals surface area contributed by atoms with Crippen molar-refractivity contribution >= 4 is 0 Å². The number of halogens is 2. The Morgan fingerprint density at radius 2 is 2.07 bits per heavy atom. The van der Waals surface area contributed by atoms with E-state index >= 15 is 0 Å². The van der Waals surface area contributed by atoms with Gasteiger partial charge in [-0.25, -0.2) is 8.78 Å². The fourth-order valence-corrected chi connectivity index (χ4v) is 2.06. The van der Waals surface area contributed by atoms with Gasteiger partial charge in [0.2, 0.25) is 5.92 Å². The van der Waals surface area contributed by atoms with Crippen molar-refractivity contribution in [3.63, 3.8) is 0 Å². The van der Waals surface area contributed by atoms with Gasteiger partial charge in [-0.05, 0) is 31.7 Å². The second-order valence-electron chi connectivity index (χ2n) is 4.29. The van der Waals surface area contributed by atoms with Crippen LogP contribution >= 0.6 is 0 Å². The fraction of sp³-hybridized carbons (Fsp3) is 0.833. The first-order valence-corrected chi connectivity index (χ1v) is 5.66. The Kier molecular flexibility index (Phi) is 4.53. The van der Waals surface area contributed by atoms with Crippen LogP contribution in [0.3, 0.4) is 0 Å². The lowest BCUT2D eigenvalue weighted by Crippen LogP contribution is -2.39. The zero-order valence-electron chi connectivity index (χ0n) is 9.23. The third-order valence-corrected chi connectivity index (χ3v) is 3.03. The Morgan fingerprint density at radius 3 is 2.53 bits per heavy atom. The molecule has 1 fully saturated rings. The molecule has 0 amide bonds. The molecule has 1 aliphatic rings. The van der Waals surface area contributed by atoms with Gasteiger partial charge in [-0.15, -0.1) is 6.42 Å². The summed E-state index contributed by atoms with van der Waals surface area (Å²) in [5, 5.41) is 3.24. The van der Waals surface area contributed by atoms with E-state index < -0.39 is 5.92 Å². The molecule has 15 heavy (non-hydrogen) atoms. The van der Waals surface area contributed by atoms with Crippen molar-refractivity contribution in [1.82, 2.24) is 5.32 Å². The number of hydrogen-bond donors (Lipinski definition) is 1. The lowest BCUT2D eigenvalue weighted by atomic mass is 9.82. The van der Waals surface area contributed by atoms with Crippen molar-refractivity contribution in [2.75, 3.05) is 6.54 Å². The number of terminal acetylenes is 1. The minimum Gasteiger partial charge on any atom is -0.303 e. The molecule has 0 saturated heterocycles. The lowest BCUT2D eigenvalue weighted by molar-refractivity contribution is -0.0475. The smallest absolute Gasteiger partial charge is 0.248 e. The van der Waals surface area contributed by atoms with Gasteiger partial charge in [-0.1, -0.05) is 12.8 Å². The molecule has 0 bridgehead atoms. The van der Waals surface area contributed by atoms with E-state index in [1.165, 1.54) is 0 Å². The van der Waals surface area contributed by atoms with Crippen LogP contribution in [0, 0.1) is 18.3 Å². The maximum absolute atomic E-state index is 12.9. The van der Waals surface area contributed by atoms with E-state index in [2.05, 4.69) is 18.2 Å². The molecule has 1 rings (SSSR count). The normalized spacial score (nSPS) is 23.3. The van der Waals surface area contributed by atoms with E-state index in [9.17, 15) is 8.78 Å². The molecule has 0 aliphatic heterocycles. The molecule has 0 aromatic heterocycles. The monoisotopic (exact) mass is 215 g/mol. The first kappa shape index (κ1) is 12.4. The van der Waals surface area contributed by atoms with Gasteiger partial charge < -0.3 is 5.32 Å². The molecular weight excluding hydrogens is 196 g/mol. The molecule has 0 radical (unpaired) electrons. The fourth-order valence-electron chi connectivity index (χ4n) is 2.06. The maximum Gasteiger partial charge on any atom is 0.248 e. The van der Waals surface area contributed by atoms with Gasteiger partial charge in [0, 0.05) is 12.8 Å².